The number of halogens is 1. The van der Waals surface area contributed by atoms with Gasteiger partial charge in [0.2, 0.25) is 0 Å². The van der Waals surface area contributed by atoms with Gasteiger partial charge in [0.1, 0.15) is 5.60 Å². The number of aliphatic hydroxyl groups excluding tert-OH is 1. The fourth-order valence-corrected chi connectivity index (χ4v) is 2.30. The molecule has 1 amide bonds. The van der Waals surface area contributed by atoms with Crippen molar-refractivity contribution in [3.05, 3.63) is 0 Å². The summed E-state index contributed by atoms with van der Waals surface area (Å²) >= 11 is 3.21. The minimum atomic E-state index is -0.744. The Morgan fingerprint density at radius 1 is 1.65 bits per heavy atom. The number of rotatable bonds is 3. The Morgan fingerprint density at radius 2 is 2.29 bits per heavy atom. The molecule has 1 aliphatic heterocycles. The van der Waals surface area contributed by atoms with E-state index in [1.807, 2.05) is 0 Å². The van der Waals surface area contributed by atoms with Gasteiger partial charge in [0.05, 0.1) is 18.2 Å². The normalized spacial score (nSPS) is 26.6. The first-order chi connectivity index (χ1) is 7.79. The molecule has 0 aliphatic carbocycles. The molecule has 0 radical (unpaired) electrons. The number of aliphatic hydroxyl groups is 1. The van der Waals surface area contributed by atoms with Crippen LogP contribution in [0.15, 0.2) is 0 Å². The van der Waals surface area contributed by atoms with E-state index in [2.05, 4.69) is 21.2 Å². The van der Waals surface area contributed by atoms with Gasteiger partial charge in [-0.25, -0.2) is 4.79 Å². The third kappa shape index (κ3) is 4.12. The van der Waals surface area contributed by atoms with Gasteiger partial charge in [0, 0.05) is 11.9 Å². The second-order valence-corrected chi connectivity index (χ2v) is 5.90. The van der Waals surface area contributed by atoms with Crippen LogP contribution in [0.5, 0.6) is 0 Å². The summed E-state index contributed by atoms with van der Waals surface area (Å²) in [5.41, 5.74) is -1.30. The Hall–Kier alpha value is -0.330. The van der Waals surface area contributed by atoms with Gasteiger partial charge in [-0.05, 0) is 27.2 Å². The molecule has 1 aliphatic rings. The Kier molecular flexibility index (Phi) is 4.80. The largest absolute Gasteiger partial charge is 0.444 e. The van der Waals surface area contributed by atoms with Crippen molar-refractivity contribution < 1.29 is 19.4 Å². The maximum Gasteiger partial charge on any atom is 0.408 e. The van der Waals surface area contributed by atoms with Crippen molar-refractivity contribution in [1.29, 1.82) is 0 Å². The summed E-state index contributed by atoms with van der Waals surface area (Å²) in [6.45, 7) is 6.22. The van der Waals surface area contributed by atoms with Crippen LogP contribution < -0.4 is 5.32 Å². The number of alkyl halides is 1. The zero-order valence-electron chi connectivity index (χ0n) is 10.5. The van der Waals surface area contributed by atoms with Gasteiger partial charge in [-0.15, -0.1) is 0 Å². The number of alkyl carbamates (subject to hydrolysis) is 1. The Labute approximate surface area is 110 Å². The molecule has 1 fully saturated rings. The van der Waals surface area contributed by atoms with Gasteiger partial charge in [0.25, 0.3) is 0 Å². The van der Waals surface area contributed by atoms with Crippen molar-refractivity contribution in [2.45, 2.75) is 44.4 Å². The van der Waals surface area contributed by atoms with Crippen LogP contribution in [-0.4, -0.2) is 47.0 Å². The number of amides is 1. The molecular formula is C11H20BrNO4. The fraction of sp³-hybridized carbons (Fsp3) is 0.909. The van der Waals surface area contributed by atoms with Gasteiger partial charge in [-0.3, -0.25) is 0 Å². The third-order valence-corrected chi connectivity index (χ3v) is 3.20. The molecule has 2 atom stereocenters. The number of nitrogens with one attached hydrogen (secondary N) is 1. The average molecular weight is 310 g/mol. The highest BCUT2D eigenvalue weighted by atomic mass is 79.9. The van der Waals surface area contributed by atoms with Crippen molar-refractivity contribution in [3.8, 4) is 0 Å². The maximum absolute atomic E-state index is 11.7. The molecular weight excluding hydrogens is 290 g/mol. The van der Waals surface area contributed by atoms with E-state index in [4.69, 9.17) is 9.47 Å². The van der Waals surface area contributed by atoms with Gasteiger partial charge < -0.3 is 19.9 Å². The molecule has 1 saturated heterocycles. The molecule has 0 aromatic rings. The molecule has 0 aromatic carbocycles. The highest BCUT2D eigenvalue weighted by Gasteiger charge is 2.43. The van der Waals surface area contributed by atoms with Crippen molar-refractivity contribution in [1.82, 2.24) is 5.32 Å². The van der Waals surface area contributed by atoms with Crippen LogP contribution in [0, 0.1) is 0 Å². The Bertz CT molecular complexity index is 271. The zero-order chi connectivity index (χ0) is 13.1. The number of hydrogen-bond acceptors (Lipinski definition) is 4. The minimum absolute atomic E-state index is 0.305. The zero-order valence-corrected chi connectivity index (χ0v) is 12.0. The molecule has 5 nitrogen and oxygen atoms in total. The summed E-state index contributed by atoms with van der Waals surface area (Å²) in [6.07, 6.45) is -0.639. The Morgan fingerprint density at radius 3 is 2.71 bits per heavy atom. The van der Waals surface area contributed by atoms with Gasteiger partial charge >= 0.3 is 6.09 Å². The van der Waals surface area contributed by atoms with Crippen molar-refractivity contribution in [2.75, 3.05) is 18.5 Å². The van der Waals surface area contributed by atoms with Crippen LogP contribution in [0.25, 0.3) is 0 Å². The van der Waals surface area contributed by atoms with Crippen LogP contribution in [0.3, 0.4) is 0 Å². The molecule has 1 heterocycles. The molecule has 0 saturated carbocycles. The van der Waals surface area contributed by atoms with Crippen molar-refractivity contribution in [2.24, 2.45) is 0 Å². The lowest BCUT2D eigenvalue weighted by molar-refractivity contribution is 0.0231. The lowest BCUT2D eigenvalue weighted by atomic mass is 9.93. The topological polar surface area (TPSA) is 67.8 Å². The Balaban J connectivity index is 2.65. The van der Waals surface area contributed by atoms with Crippen molar-refractivity contribution in [3.63, 3.8) is 0 Å². The van der Waals surface area contributed by atoms with Gasteiger partial charge in [0.15, 0.2) is 0 Å². The van der Waals surface area contributed by atoms with Crippen LogP contribution in [0.4, 0.5) is 4.79 Å². The standard InChI is InChI=1S/C11H20BrNO4/c1-10(2,3)17-9(15)13-11(8(14)6-12)4-5-16-7-11/h8,14H,4-7H2,1-3H3,(H,13,15). The number of hydrogen-bond donors (Lipinski definition) is 2. The molecule has 17 heavy (non-hydrogen) atoms. The second-order valence-electron chi connectivity index (χ2n) is 5.26. The molecule has 100 valence electrons. The molecule has 2 N–H and O–H groups in total. The van der Waals surface area contributed by atoms with Crippen LogP contribution in [-0.2, 0) is 9.47 Å². The number of ether oxygens (including phenoxy) is 2. The lowest BCUT2D eigenvalue weighted by Crippen LogP contribution is -2.58. The van der Waals surface area contributed by atoms with Crippen molar-refractivity contribution >= 4 is 22.0 Å². The second kappa shape index (κ2) is 5.54. The van der Waals surface area contributed by atoms with E-state index in [1.54, 1.807) is 20.8 Å². The first-order valence-corrected chi connectivity index (χ1v) is 6.74. The van der Waals surface area contributed by atoms with Gasteiger partial charge in [-0.1, -0.05) is 15.9 Å². The number of carbonyl (C=O) groups is 1. The maximum atomic E-state index is 11.7. The van der Waals surface area contributed by atoms with E-state index in [0.29, 0.717) is 25.0 Å². The van der Waals surface area contributed by atoms with E-state index >= 15 is 0 Å². The first kappa shape index (κ1) is 14.7. The predicted octanol–water partition coefficient (Wildman–Crippen LogP) is 1.43. The van der Waals surface area contributed by atoms with E-state index < -0.39 is 23.3 Å². The quantitative estimate of drug-likeness (QED) is 0.774. The van der Waals surface area contributed by atoms with Crippen LogP contribution in [0.2, 0.25) is 0 Å². The fourth-order valence-electron chi connectivity index (χ4n) is 1.68. The molecule has 6 heteroatoms. The predicted molar refractivity (Wildman–Crippen MR) is 67.3 cm³/mol. The molecule has 0 bridgehead atoms. The van der Waals surface area contributed by atoms with E-state index in [1.165, 1.54) is 0 Å². The summed E-state index contributed by atoms with van der Waals surface area (Å²) in [5, 5.41) is 13.1. The summed E-state index contributed by atoms with van der Waals surface area (Å²) in [6, 6.07) is 0. The molecule has 2 unspecified atom stereocenters. The summed E-state index contributed by atoms with van der Waals surface area (Å²) < 4.78 is 10.5. The SMILES string of the molecule is CC(C)(C)OC(=O)NC1(C(O)CBr)CCOC1. The van der Waals surface area contributed by atoms with E-state index in [-0.39, 0.29) is 0 Å². The average Bonchev–Trinajstić information content (AvgIpc) is 2.63. The highest BCUT2D eigenvalue weighted by Crippen LogP contribution is 2.24. The third-order valence-electron chi connectivity index (χ3n) is 2.59. The van der Waals surface area contributed by atoms with Crippen LogP contribution >= 0.6 is 15.9 Å². The smallest absolute Gasteiger partial charge is 0.408 e. The summed E-state index contributed by atoms with van der Waals surface area (Å²) in [7, 11) is 0. The first-order valence-electron chi connectivity index (χ1n) is 5.62. The van der Waals surface area contributed by atoms with E-state index in [0.717, 1.165) is 0 Å². The highest BCUT2D eigenvalue weighted by molar-refractivity contribution is 9.09. The molecule has 0 aromatic heterocycles. The molecule has 0 spiro atoms. The number of carbonyl (C=O) groups excluding carboxylic acids is 1. The lowest BCUT2D eigenvalue weighted by Gasteiger charge is -2.33. The van der Waals surface area contributed by atoms with Crippen LogP contribution in [0.1, 0.15) is 27.2 Å². The summed E-state index contributed by atoms with van der Waals surface area (Å²) in [4.78, 5) is 11.7. The monoisotopic (exact) mass is 309 g/mol. The molecule has 1 rings (SSSR count). The van der Waals surface area contributed by atoms with Gasteiger partial charge in [-0.2, -0.15) is 0 Å². The summed E-state index contributed by atoms with van der Waals surface area (Å²) in [5.74, 6) is 0. The minimum Gasteiger partial charge on any atom is -0.444 e. The van der Waals surface area contributed by atoms with E-state index in [9.17, 15) is 9.90 Å².